The second-order valence-corrected chi connectivity index (χ2v) is 4.65. The highest BCUT2D eigenvalue weighted by Gasteiger charge is 2.18. The van der Waals surface area contributed by atoms with Gasteiger partial charge in [-0.1, -0.05) is 13.3 Å². The van der Waals surface area contributed by atoms with Crippen LogP contribution in [0.5, 0.6) is 11.5 Å². The lowest BCUT2D eigenvalue weighted by atomic mass is 10.0. The summed E-state index contributed by atoms with van der Waals surface area (Å²) in [5.74, 6) is 2.28. The van der Waals surface area contributed by atoms with E-state index in [0.29, 0.717) is 0 Å². The van der Waals surface area contributed by atoms with Crippen molar-refractivity contribution in [3.63, 3.8) is 0 Å². The first-order valence-corrected chi connectivity index (χ1v) is 6.42. The SMILES string of the molecule is CCCc1c(-c2ccc3c(c2)OCO3)nn(C)c1N. The van der Waals surface area contributed by atoms with Gasteiger partial charge in [-0.05, 0) is 24.6 Å². The van der Waals surface area contributed by atoms with Crippen LogP contribution in [0.15, 0.2) is 18.2 Å². The minimum Gasteiger partial charge on any atom is -0.454 e. The molecule has 0 fully saturated rings. The molecule has 1 aromatic heterocycles. The quantitative estimate of drug-likeness (QED) is 0.919. The Morgan fingerprint density at radius 1 is 1.32 bits per heavy atom. The van der Waals surface area contributed by atoms with E-state index >= 15 is 0 Å². The van der Waals surface area contributed by atoms with Gasteiger partial charge >= 0.3 is 0 Å². The number of hydrogen-bond acceptors (Lipinski definition) is 4. The number of fused-ring (bicyclic) bond motifs is 1. The van der Waals surface area contributed by atoms with Crippen LogP contribution in [0.3, 0.4) is 0 Å². The monoisotopic (exact) mass is 259 g/mol. The molecule has 0 spiro atoms. The van der Waals surface area contributed by atoms with Crippen LogP contribution in [0.1, 0.15) is 18.9 Å². The predicted octanol–water partition coefficient (Wildman–Crippen LogP) is 2.35. The second-order valence-electron chi connectivity index (χ2n) is 4.65. The van der Waals surface area contributed by atoms with E-state index in [2.05, 4.69) is 12.0 Å². The highest BCUT2D eigenvalue weighted by molar-refractivity contribution is 5.71. The van der Waals surface area contributed by atoms with Crippen LogP contribution < -0.4 is 15.2 Å². The van der Waals surface area contributed by atoms with Crippen LogP contribution in [0, 0.1) is 0 Å². The maximum atomic E-state index is 6.08. The van der Waals surface area contributed by atoms with Crippen molar-refractivity contribution in [2.75, 3.05) is 12.5 Å². The third kappa shape index (κ3) is 1.91. The number of anilines is 1. The molecule has 5 nitrogen and oxygen atoms in total. The van der Waals surface area contributed by atoms with Gasteiger partial charge in [0.05, 0.1) is 5.69 Å². The molecular formula is C14H17N3O2. The maximum Gasteiger partial charge on any atom is 0.231 e. The molecule has 3 rings (SSSR count). The smallest absolute Gasteiger partial charge is 0.231 e. The molecule has 19 heavy (non-hydrogen) atoms. The minimum atomic E-state index is 0.283. The van der Waals surface area contributed by atoms with Crippen molar-refractivity contribution in [1.29, 1.82) is 0 Å². The third-order valence-electron chi connectivity index (χ3n) is 3.34. The molecule has 0 unspecified atom stereocenters. The summed E-state index contributed by atoms with van der Waals surface area (Å²) in [6.07, 6.45) is 1.96. The normalized spacial score (nSPS) is 12.9. The van der Waals surface area contributed by atoms with Gasteiger partial charge in [0.2, 0.25) is 6.79 Å². The number of rotatable bonds is 3. The van der Waals surface area contributed by atoms with Crippen LogP contribution in [0.4, 0.5) is 5.82 Å². The van der Waals surface area contributed by atoms with Crippen molar-refractivity contribution < 1.29 is 9.47 Å². The number of nitrogens with two attached hydrogens (primary N) is 1. The number of nitrogens with zero attached hydrogens (tertiary/aromatic N) is 2. The van der Waals surface area contributed by atoms with Crippen LogP contribution in [-0.2, 0) is 13.5 Å². The first kappa shape index (κ1) is 11.9. The Kier molecular flexibility index (Phi) is 2.81. The van der Waals surface area contributed by atoms with Crippen molar-refractivity contribution in [3.05, 3.63) is 23.8 Å². The molecule has 0 bridgehead atoms. The summed E-state index contributed by atoms with van der Waals surface area (Å²) >= 11 is 0. The molecule has 2 aromatic rings. The molecular weight excluding hydrogens is 242 g/mol. The van der Waals surface area contributed by atoms with E-state index in [-0.39, 0.29) is 6.79 Å². The fourth-order valence-corrected chi connectivity index (χ4v) is 2.35. The van der Waals surface area contributed by atoms with Gasteiger partial charge in [-0.25, -0.2) is 0 Å². The van der Waals surface area contributed by atoms with Gasteiger partial charge in [0.1, 0.15) is 5.82 Å². The maximum absolute atomic E-state index is 6.08. The van der Waals surface area contributed by atoms with E-state index in [9.17, 15) is 0 Å². The zero-order valence-corrected chi connectivity index (χ0v) is 11.1. The average Bonchev–Trinajstić information content (AvgIpc) is 2.98. The standard InChI is InChI=1S/C14H17N3O2/c1-3-4-10-13(16-17(2)14(10)15)9-5-6-11-12(7-9)19-8-18-11/h5-7H,3-4,8,15H2,1-2H3. The first-order valence-electron chi connectivity index (χ1n) is 6.42. The van der Waals surface area contributed by atoms with Gasteiger partial charge in [0.15, 0.2) is 11.5 Å². The number of nitrogen functional groups attached to an aromatic ring is 1. The summed E-state index contributed by atoms with van der Waals surface area (Å²) in [6, 6.07) is 5.87. The number of ether oxygens (including phenoxy) is 2. The fourth-order valence-electron chi connectivity index (χ4n) is 2.35. The molecule has 2 heterocycles. The van der Waals surface area contributed by atoms with E-state index in [4.69, 9.17) is 15.2 Å². The van der Waals surface area contributed by atoms with E-state index in [1.165, 1.54) is 0 Å². The van der Waals surface area contributed by atoms with Crippen LogP contribution in [0.25, 0.3) is 11.3 Å². The largest absolute Gasteiger partial charge is 0.454 e. The topological polar surface area (TPSA) is 62.3 Å². The average molecular weight is 259 g/mol. The fraction of sp³-hybridized carbons (Fsp3) is 0.357. The number of aromatic nitrogens is 2. The minimum absolute atomic E-state index is 0.283. The molecule has 0 saturated carbocycles. The Morgan fingerprint density at radius 2 is 2.11 bits per heavy atom. The Labute approximate surface area is 111 Å². The van der Waals surface area contributed by atoms with Gasteiger partial charge in [0.25, 0.3) is 0 Å². The van der Waals surface area contributed by atoms with E-state index in [0.717, 1.165) is 47.0 Å². The lowest BCUT2D eigenvalue weighted by Gasteiger charge is -2.03. The number of benzene rings is 1. The summed E-state index contributed by atoms with van der Waals surface area (Å²) < 4.78 is 12.5. The molecule has 100 valence electrons. The Bertz CT molecular complexity index is 619. The number of aryl methyl sites for hydroxylation is 1. The van der Waals surface area contributed by atoms with Gasteiger partial charge in [-0.2, -0.15) is 5.10 Å². The Balaban J connectivity index is 2.09. The summed E-state index contributed by atoms with van der Waals surface area (Å²) in [6.45, 7) is 2.42. The molecule has 0 atom stereocenters. The zero-order valence-electron chi connectivity index (χ0n) is 11.1. The summed E-state index contributed by atoms with van der Waals surface area (Å²) in [5.41, 5.74) is 9.13. The lowest BCUT2D eigenvalue weighted by molar-refractivity contribution is 0.174. The molecule has 5 heteroatoms. The number of hydrogen-bond donors (Lipinski definition) is 1. The first-order chi connectivity index (χ1) is 9.20. The van der Waals surface area contributed by atoms with Crippen molar-refractivity contribution in [2.45, 2.75) is 19.8 Å². The second kappa shape index (κ2) is 4.50. The van der Waals surface area contributed by atoms with Crippen LogP contribution in [0.2, 0.25) is 0 Å². The molecule has 2 N–H and O–H groups in total. The van der Waals surface area contributed by atoms with Crippen LogP contribution in [-0.4, -0.2) is 16.6 Å². The van der Waals surface area contributed by atoms with Crippen molar-refractivity contribution in [1.82, 2.24) is 9.78 Å². The van der Waals surface area contributed by atoms with Crippen molar-refractivity contribution >= 4 is 5.82 Å². The molecule has 1 aromatic carbocycles. The molecule has 1 aliphatic heterocycles. The van der Waals surface area contributed by atoms with Gasteiger partial charge in [0, 0.05) is 18.2 Å². The van der Waals surface area contributed by atoms with Crippen molar-refractivity contribution in [3.8, 4) is 22.8 Å². The molecule has 0 radical (unpaired) electrons. The summed E-state index contributed by atoms with van der Waals surface area (Å²) in [7, 11) is 1.87. The Morgan fingerprint density at radius 3 is 2.89 bits per heavy atom. The van der Waals surface area contributed by atoms with E-state index < -0.39 is 0 Å². The van der Waals surface area contributed by atoms with Gasteiger partial charge in [-0.15, -0.1) is 0 Å². The van der Waals surface area contributed by atoms with Crippen LogP contribution >= 0.6 is 0 Å². The molecule has 0 saturated heterocycles. The molecule has 1 aliphatic rings. The van der Waals surface area contributed by atoms with Gasteiger partial charge in [-0.3, -0.25) is 4.68 Å². The highest BCUT2D eigenvalue weighted by atomic mass is 16.7. The molecule has 0 aliphatic carbocycles. The zero-order chi connectivity index (χ0) is 13.4. The Hall–Kier alpha value is -2.17. The summed E-state index contributed by atoms with van der Waals surface area (Å²) in [4.78, 5) is 0. The highest BCUT2D eigenvalue weighted by Crippen LogP contribution is 2.37. The lowest BCUT2D eigenvalue weighted by Crippen LogP contribution is -1.99. The van der Waals surface area contributed by atoms with E-state index in [1.54, 1.807) is 4.68 Å². The van der Waals surface area contributed by atoms with E-state index in [1.807, 2.05) is 25.2 Å². The van der Waals surface area contributed by atoms with Gasteiger partial charge < -0.3 is 15.2 Å². The van der Waals surface area contributed by atoms with Crippen molar-refractivity contribution in [2.24, 2.45) is 7.05 Å². The predicted molar refractivity (Wildman–Crippen MR) is 73.2 cm³/mol. The molecule has 0 amide bonds. The third-order valence-corrected chi connectivity index (χ3v) is 3.34. The summed E-state index contributed by atoms with van der Waals surface area (Å²) in [5, 5.41) is 4.52.